The molecule has 0 aliphatic heterocycles. The Morgan fingerprint density at radius 1 is 1.19 bits per heavy atom. The van der Waals surface area contributed by atoms with E-state index in [1.807, 2.05) is 31.2 Å². The molecular weight excluding hydrogens is 268 g/mol. The van der Waals surface area contributed by atoms with E-state index in [9.17, 15) is 9.59 Å². The van der Waals surface area contributed by atoms with E-state index in [0.717, 1.165) is 11.1 Å². The molecule has 0 saturated heterocycles. The number of pyridine rings is 1. The lowest BCUT2D eigenvalue weighted by Crippen LogP contribution is -2.28. The first-order valence-corrected chi connectivity index (χ1v) is 6.48. The lowest BCUT2D eigenvalue weighted by molar-refractivity contribution is 0.0678. The summed E-state index contributed by atoms with van der Waals surface area (Å²) < 4.78 is 0. The van der Waals surface area contributed by atoms with E-state index in [1.165, 1.54) is 23.2 Å². The molecule has 1 aromatic carbocycles. The number of carbonyl (C=O) groups excluding carboxylic acids is 1. The molecule has 0 aliphatic carbocycles. The number of aryl methyl sites for hydroxylation is 1. The fraction of sp³-hybridized carbons (Fsp3) is 0.188. The highest BCUT2D eigenvalue weighted by molar-refractivity contribution is 6.03. The lowest BCUT2D eigenvalue weighted by Gasteiger charge is -2.17. The van der Waals surface area contributed by atoms with Gasteiger partial charge in [0.1, 0.15) is 5.69 Å². The second-order valence-corrected chi connectivity index (χ2v) is 4.85. The van der Waals surface area contributed by atoms with Gasteiger partial charge in [0.25, 0.3) is 5.91 Å². The monoisotopic (exact) mass is 284 g/mol. The van der Waals surface area contributed by atoms with Gasteiger partial charge in [-0.05, 0) is 24.6 Å². The van der Waals surface area contributed by atoms with Crippen LogP contribution in [0.5, 0.6) is 0 Å². The first kappa shape index (κ1) is 14.7. The molecule has 2 rings (SSSR count). The minimum Gasteiger partial charge on any atom is -0.478 e. The molecule has 0 radical (unpaired) electrons. The van der Waals surface area contributed by atoms with Gasteiger partial charge in [0.15, 0.2) is 0 Å². The molecule has 1 heterocycles. The highest BCUT2D eigenvalue weighted by Gasteiger charge is 2.20. The van der Waals surface area contributed by atoms with E-state index in [4.69, 9.17) is 5.11 Å². The van der Waals surface area contributed by atoms with Crippen molar-refractivity contribution in [2.45, 2.75) is 13.5 Å². The maximum Gasteiger partial charge on any atom is 0.338 e. The van der Waals surface area contributed by atoms with Crippen molar-refractivity contribution in [2.24, 2.45) is 0 Å². The summed E-state index contributed by atoms with van der Waals surface area (Å²) in [5, 5.41) is 9.11. The molecule has 0 unspecified atom stereocenters. The molecule has 1 N–H and O–H groups in total. The van der Waals surface area contributed by atoms with E-state index >= 15 is 0 Å². The molecule has 0 saturated carbocycles. The van der Waals surface area contributed by atoms with Crippen LogP contribution in [0.4, 0.5) is 0 Å². The number of aromatic carboxylic acids is 1. The van der Waals surface area contributed by atoms with E-state index in [0.29, 0.717) is 6.54 Å². The van der Waals surface area contributed by atoms with Crippen LogP contribution in [0, 0.1) is 6.92 Å². The zero-order valence-corrected chi connectivity index (χ0v) is 11.9. The molecule has 0 bridgehead atoms. The minimum atomic E-state index is -1.16. The number of nitrogens with zero attached hydrogens (tertiary/aromatic N) is 2. The Balaban J connectivity index is 2.20. The van der Waals surface area contributed by atoms with Gasteiger partial charge < -0.3 is 10.0 Å². The number of amides is 1. The Hall–Kier alpha value is -2.69. The van der Waals surface area contributed by atoms with Crippen molar-refractivity contribution in [3.8, 4) is 0 Å². The van der Waals surface area contributed by atoms with Crippen LogP contribution in [0.3, 0.4) is 0 Å². The Bertz CT molecular complexity index is 665. The number of carboxylic acid groups (broad SMARTS) is 1. The lowest BCUT2D eigenvalue weighted by atomic mass is 10.1. The summed E-state index contributed by atoms with van der Waals surface area (Å²) in [6.45, 7) is 2.39. The van der Waals surface area contributed by atoms with Crippen LogP contribution >= 0.6 is 0 Å². The minimum absolute atomic E-state index is 0.0420. The second-order valence-electron chi connectivity index (χ2n) is 4.85. The van der Waals surface area contributed by atoms with Gasteiger partial charge in [-0.15, -0.1) is 0 Å². The maximum atomic E-state index is 12.3. The number of benzene rings is 1. The SMILES string of the molecule is Cc1ccc(CN(C)C(=O)c2ncccc2C(=O)O)cc1. The summed E-state index contributed by atoms with van der Waals surface area (Å²) in [5.41, 5.74) is 1.99. The van der Waals surface area contributed by atoms with E-state index in [2.05, 4.69) is 4.98 Å². The van der Waals surface area contributed by atoms with Crippen LogP contribution in [0.25, 0.3) is 0 Å². The van der Waals surface area contributed by atoms with E-state index < -0.39 is 11.9 Å². The molecule has 0 fully saturated rings. The van der Waals surface area contributed by atoms with Gasteiger partial charge in [0.05, 0.1) is 5.56 Å². The Morgan fingerprint density at radius 2 is 1.86 bits per heavy atom. The van der Waals surface area contributed by atoms with Gasteiger partial charge in [-0.25, -0.2) is 4.79 Å². The van der Waals surface area contributed by atoms with Crippen molar-refractivity contribution in [1.29, 1.82) is 0 Å². The van der Waals surface area contributed by atoms with Gasteiger partial charge in [0, 0.05) is 19.8 Å². The summed E-state index contributed by atoms with van der Waals surface area (Å²) in [4.78, 5) is 28.8. The first-order valence-electron chi connectivity index (χ1n) is 6.48. The molecule has 2 aromatic rings. The summed E-state index contributed by atoms with van der Waals surface area (Å²) in [6.07, 6.45) is 1.42. The fourth-order valence-corrected chi connectivity index (χ4v) is 1.97. The van der Waals surface area contributed by atoms with Gasteiger partial charge in [0.2, 0.25) is 0 Å². The van der Waals surface area contributed by atoms with Crippen molar-refractivity contribution < 1.29 is 14.7 Å². The molecule has 0 aliphatic rings. The number of aromatic nitrogens is 1. The Morgan fingerprint density at radius 3 is 2.48 bits per heavy atom. The normalized spacial score (nSPS) is 10.2. The second kappa shape index (κ2) is 6.17. The molecule has 21 heavy (non-hydrogen) atoms. The van der Waals surface area contributed by atoms with Crippen molar-refractivity contribution in [3.05, 3.63) is 65.0 Å². The average molecular weight is 284 g/mol. The number of rotatable bonds is 4. The van der Waals surface area contributed by atoms with Crippen LogP contribution in [0.15, 0.2) is 42.6 Å². The maximum absolute atomic E-state index is 12.3. The van der Waals surface area contributed by atoms with E-state index in [1.54, 1.807) is 7.05 Å². The first-order chi connectivity index (χ1) is 9.99. The van der Waals surface area contributed by atoms with Crippen molar-refractivity contribution in [2.75, 3.05) is 7.05 Å². The largest absolute Gasteiger partial charge is 0.478 e. The molecule has 108 valence electrons. The van der Waals surface area contributed by atoms with Gasteiger partial charge in [-0.3, -0.25) is 9.78 Å². The zero-order chi connectivity index (χ0) is 15.4. The van der Waals surface area contributed by atoms with Crippen LogP contribution in [0.1, 0.15) is 32.0 Å². The standard InChI is InChI=1S/C16H16N2O3/c1-11-5-7-12(8-6-11)10-18(2)15(19)14-13(16(20)21)4-3-9-17-14/h3-9H,10H2,1-2H3,(H,20,21). The van der Waals surface area contributed by atoms with Crippen molar-refractivity contribution >= 4 is 11.9 Å². The summed E-state index contributed by atoms with van der Waals surface area (Å²) in [6, 6.07) is 10.7. The molecule has 5 heteroatoms. The fourth-order valence-electron chi connectivity index (χ4n) is 1.97. The molecule has 1 amide bonds. The summed E-state index contributed by atoms with van der Waals surface area (Å²) in [7, 11) is 1.63. The third-order valence-corrected chi connectivity index (χ3v) is 3.13. The Kier molecular flexibility index (Phi) is 4.33. The average Bonchev–Trinajstić information content (AvgIpc) is 2.48. The van der Waals surface area contributed by atoms with Crippen LogP contribution in [0.2, 0.25) is 0 Å². The smallest absolute Gasteiger partial charge is 0.338 e. The van der Waals surface area contributed by atoms with E-state index in [-0.39, 0.29) is 11.3 Å². The van der Waals surface area contributed by atoms with Gasteiger partial charge in [-0.2, -0.15) is 0 Å². The third kappa shape index (κ3) is 3.45. The number of hydrogen-bond donors (Lipinski definition) is 1. The number of hydrogen-bond acceptors (Lipinski definition) is 3. The highest BCUT2D eigenvalue weighted by atomic mass is 16.4. The molecule has 1 aromatic heterocycles. The van der Waals surface area contributed by atoms with Gasteiger partial charge >= 0.3 is 5.97 Å². The molecule has 0 spiro atoms. The number of carbonyl (C=O) groups is 2. The molecule has 0 atom stereocenters. The zero-order valence-electron chi connectivity index (χ0n) is 11.9. The van der Waals surface area contributed by atoms with Crippen LogP contribution in [-0.4, -0.2) is 33.9 Å². The predicted molar refractivity (Wildman–Crippen MR) is 78.2 cm³/mol. The van der Waals surface area contributed by atoms with Crippen LogP contribution < -0.4 is 0 Å². The predicted octanol–water partition coefficient (Wildman–Crippen LogP) is 2.36. The van der Waals surface area contributed by atoms with Gasteiger partial charge in [-0.1, -0.05) is 29.8 Å². The topological polar surface area (TPSA) is 70.5 Å². The van der Waals surface area contributed by atoms with Crippen molar-refractivity contribution in [3.63, 3.8) is 0 Å². The Labute approximate surface area is 122 Å². The third-order valence-electron chi connectivity index (χ3n) is 3.13. The molecule has 5 nitrogen and oxygen atoms in total. The highest BCUT2D eigenvalue weighted by Crippen LogP contribution is 2.11. The summed E-state index contributed by atoms with van der Waals surface area (Å²) >= 11 is 0. The number of carboxylic acids is 1. The quantitative estimate of drug-likeness (QED) is 0.935. The van der Waals surface area contributed by atoms with Crippen molar-refractivity contribution in [1.82, 2.24) is 9.88 Å². The van der Waals surface area contributed by atoms with Crippen LogP contribution in [-0.2, 0) is 6.54 Å². The summed E-state index contributed by atoms with van der Waals surface area (Å²) in [5.74, 6) is -1.57. The molecular formula is C16H16N2O3.